The molecule has 3 heterocycles. The van der Waals surface area contributed by atoms with Crippen LogP contribution >= 0.6 is 11.8 Å². The predicted molar refractivity (Wildman–Crippen MR) is 79.8 cm³/mol. The average molecular weight is 316 g/mol. The summed E-state index contributed by atoms with van der Waals surface area (Å²) in [5, 5.41) is 28.7. The third-order valence-electron chi connectivity index (χ3n) is 3.23. The molecule has 2 aromatic heterocycles. The van der Waals surface area contributed by atoms with Gasteiger partial charge in [0.05, 0.1) is 12.0 Å². The Morgan fingerprint density at radius 1 is 1.32 bits per heavy atom. The standard InChI is InChI=1S/C13H10N5O3S/c19-18(20)9-4-1-3-8(7-9)11-14-15-13-17(11)16-12(22-13)10-5-2-6-21-10/h1-7,12,16,19H/q-1/t12-/m0/s1. The van der Waals surface area contributed by atoms with E-state index in [1.165, 1.54) is 23.9 Å². The molecular weight excluding hydrogens is 306 g/mol. The zero-order chi connectivity index (χ0) is 15.1. The molecule has 0 unspecified atom stereocenters. The molecule has 112 valence electrons. The number of nitrogens with one attached hydrogen (secondary N) is 1. The van der Waals surface area contributed by atoms with Crippen LogP contribution in [0.3, 0.4) is 0 Å². The van der Waals surface area contributed by atoms with Crippen molar-refractivity contribution in [3.8, 4) is 11.4 Å². The lowest BCUT2D eigenvalue weighted by atomic mass is 10.2. The zero-order valence-corrected chi connectivity index (χ0v) is 11.9. The van der Waals surface area contributed by atoms with Crippen molar-refractivity contribution >= 4 is 17.4 Å². The van der Waals surface area contributed by atoms with Crippen molar-refractivity contribution in [1.29, 1.82) is 0 Å². The van der Waals surface area contributed by atoms with Crippen LogP contribution in [-0.2, 0) is 0 Å². The Bertz CT molecular complexity index is 802. The molecule has 8 nitrogen and oxygen atoms in total. The summed E-state index contributed by atoms with van der Waals surface area (Å²) in [5.74, 6) is 1.34. The summed E-state index contributed by atoms with van der Waals surface area (Å²) in [6.07, 6.45) is 1.62. The monoisotopic (exact) mass is 316 g/mol. The van der Waals surface area contributed by atoms with E-state index in [9.17, 15) is 5.21 Å². The number of benzene rings is 1. The molecular formula is C13H10N5O3S-. The van der Waals surface area contributed by atoms with Gasteiger partial charge in [0.2, 0.25) is 5.16 Å². The first kappa shape index (κ1) is 13.2. The number of aromatic nitrogens is 3. The first-order chi connectivity index (χ1) is 10.7. The maximum atomic E-state index is 11.0. The summed E-state index contributed by atoms with van der Waals surface area (Å²) >= 11 is 1.48. The second-order valence-corrected chi connectivity index (χ2v) is 5.68. The molecule has 1 aliphatic heterocycles. The normalized spacial score (nSPS) is 16.4. The number of furan rings is 1. The van der Waals surface area contributed by atoms with E-state index >= 15 is 0 Å². The van der Waals surface area contributed by atoms with Crippen molar-refractivity contribution in [2.45, 2.75) is 10.5 Å². The summed E-state index contributed by atoms with van der Waals surface area (Å²) in [5.41, 5.74) is 4.03. The Kier molecular flexibility index (Phi) is 3.03. The van der Waals surface area contributed by atoms with E-state index < -0.39 is 0 Å². The van der Waals surface area contributed by atoms with Crippen molar-refractivity contribution in [3.63, 3.8) is 0 Å². The SMILES string of the molecule is [O-]N(O)c1cccc(-c2nnc3n2N[C@H](c2ccco2)S3)c1. The van der Waals surface area contributed by atoms with E-state index in [0.717, 1.165) is 5.76 Å². The lowest BCUT2D eigenvalue weighted by Gasteiger charge is -2.21. The molecule has 2 N–H and O–H groups in total. The Balaban J connectivity index is 1.68. The van der Waals surface area contributed by atoms with Gasteiger partial charge in [-0.1, -0.05) is 12.1 Å². The molecule has 9 heteroatoms. The molecule has 22 heavy (non-hydrogen) atoms. The first-order valence-corrected chi connectivity index (χ1v) is 7.29. The summed E-state index contributed by atoms with van der Waals surface area (Å²) in [7, 11) is 0. The molecule has 1 aromatic carbocycles. The summed E-state index contributed by atoms with van der Waals surface area (Å²) in [6.45, 7) is 0. The molecule has 0 amide bonds. The van der Waals surface area contributed by atoms with Gasteiger partial charge in [0.1, 0.15) is 5.76 Å². The van der Waals surface area contributed by atoms with Gasteiger partial charge in [-0.15, -0.1) is 10.2 Å². The highest BCUT2D eigenvalue weighted by molar-refractivity contribution is 7.99. The van der Waals surface area contributed by atoms with E-state index in [0.29, 0.717) is 16.5 Å². The van der Waals surface area contributed by atoms with Gasteiger partial charge in [0.25, 0.3) is 0 Å². The maximum absolute atomic E-state index is 11.0. The molecule has 0 aliphatic carbocycles. The van der Waals surface area contributed by atoms with Gasteiger partial charge in [0.15, 0.2) is 11.2 Å². The number of nitrogens with zero attached hydrogens (tertiary/aromatic N) is 4. The van der Waals surface area contributed by atoms with Gasteiger partial charge < -0.3 is 20.3 Å². The van der Waals surface area contributed by atoms with Gasteiger partial charge in [-0.05, 0) is 36.0 Å². The predicted octanol–water partition coefficient (Wildman–Crippen LogP) is 2.58. The molecule has 0 spiro atoms. The van der Waals surface area contributed by atoms with Gasteiger partial charge in [-0.2, -0.15) is 0 Å². The van der Waals surface area contributed by atoms with Crippen LogP contribution in [0, 0.1) is 5.21 Å². The van der Waals surface area contributed by atoms with Gasteiger partial charge >= 0.3 is 0 Å². The third-order valence-corrected chi connectivity index (χ3v) is 4.28. The van der Waals surface area contributed by atoms with Crippen molar-refractivity contribution in [1.82, 2.24) is 14.9 Å². The average Bonchev–Trinajstić information content (AvgIpc) is 3.23. The van der Waals surface area contributed by atoms with Crippen molar-refractivity contribution in [3.05, 3.63) is 53.6 Å². The Hall–Kier alpha value is -2.49. The minimum absolute atomic E-state index is 0.0868. The molecule has 0 fully saturated rings. The van der Waals surface area contributed by atoms with Crippen LogP contribution in [0.15, 0.2) is 52.2 Å². The largest absolute Gasteiger partial charge is 0.733 e. The quantitative estimate of drug-likeness (QED) is 0.711. The van der Waals surface area contributed by atoms with Crippen molar-refractivity contribution in [2.75, 3.05) is 10.7 Å². The molecule has 0 bridgehead atoms. The molecule has 0 radical (unpaired) electrons. The van der Waals surface area contributed by atoms with Crippen LogP contribution in [0.4, 0.5) is 5.69 Å². The molecule has 3 aromatic rings. The molecule has 1 atom stereocenters. The number of hydrogen-bond acceptors (Lipinski definition) is 8. The minimum atomic E-state index is -0.182. The minimum Gasteiger partial charge on any atom is -0.733 e. The third kappa shape index (κ3) is 2.11. The molecule has 0 saturated carbocycles. The number of anilines is 1. The second kappa shape index (κ2) is 5.05. The lowest BCUT2D eigenvalue weighted by molar-refractivity contribution is 0.296. The van der Waals surface area contributed by atoms with Gasteiger partial charge in [-0.3, -0.25) is 5.21 Å². The summed E-state index contributed by atoms with van der Waals surface area (Å²) in [6, 6.07) is 10.2. The van der Waals surface area contributed by atoms with Crippen LogP contribution in [0.1, 0.15) is 11.1 Å². The number of hydrogen-bond donors (Lipinski definition) is 2. The van der Waals surface area contributed by atoms with Crippen LogP contribution < -0.4 is 10.7 Å². The first-order valence-electron chi connectivity index (χ1n) is 6.41. The topological polar surface area (TPSA) is 102 Å². The zero-order valence-electron chi connectivity index (χ0n) is 11.1. The van der Waals surface area contributed by atoms with Crippen molar-refractivity contribution < 1.29 is 9.62 Å². The molecule has 4 rings (SSSR count). The number of fused-ring (bicyclic) bond motifs is 1. The van der Waals surface area contributed by atoms with Crippen LogP contribution in [0.25, 0.3) is 11.4 Å². The smallest absolute Gasteiger partial charge is 0.212 e. The number of thioether (sulfide) groups is 1. The highest BCUT2D eigenvalue weighted by atomic mass is 32.2. The second-order valence-electron chi connectivity index (χ2n) is 4.61. The van der Waals surface area contributed by atoms with Crippen LogP contribution in [0.2, 0.25) is 0 Å². The molecule has 0 saturated heterocycles. The fourth-order valence-electron chi connectivity index (χ4n) is 2.22. The van der Waals surface area contributed by atoms with E-state index in [1.54, 1.807) is 23.1 Å². The van der Waals surface area contributed by atoms with E-state index in [-0.39, 0.29) is 16.3 Å². The summed E-state index contributed by atoms with van der Waals surface area (Å²) < 4.78 is 7.13. The van der Waals surface area contributed by atoms with Crippen LogP contribution in [-0.4, -0.2) is 20.1 Å². The van der Waals surface area contributed by atoms with Gasteiger partial charge in [-0.25, -0.2) is 4.68 Å². The maximum Gasteiger partial charge on any atom is 0.212 e. The molecule has 1 aliphatic rings. The summed E-state index contributed by atoms with van der Waals surface area (Å²) in [4.78, 5) is 0. The van der Waals surface area contributed by atoms with E-state index in [4.69, 9.17) is 9.62 Å². The highest BCUT2D eigenvalue weighted by Crippen LogP contribution is 2.40. The van der Waals surface area contributed by atoms with Crippen LogP contribution in [0.5, 0.6) is 0 Å². The highest BCUT2D eigenvalue weighted by Gasteiger charge is 2.29. The Morgan fingerprint density at radius 3 is 3.00 bits per heavy atom. The Morgan fingerprint density at radius 2 is 2.23 bits per heavy atom. The van der Waals surface area contributed by atoms with Crippen molar-refractivity contribution in [2.24, 2.45) is 0 Å². The Labute approximate surface area is 128 Å². The fraction of sp³-hybridized carbons (Fsp3) is 0.0769. The van der Waals surface area contributed by atoms with E-state index in [2.05, 4.69) is 15.6 Å². The fourth-order valence-corrected chi connectivity index (χ4v) is 3.18. The lowest BCUT2D eigenvalue weighted by Crippen LogP contribution is -2.13. The van der Waals surface area contributed by atoms with E-state index in [1.807, 2.05) is 12.1 Å². The number of rotatable bonds is 3. The van der Waals surface area contributed by atoms with Gasteiger partial charge in [0, 0.05) is 5.56 Å².